The SMILES string of the molecule is Cc1nc2cccnc2n1[O]. The predicted molar refractivity (Wildman–Crippen MR) is 38.3 cm³/mol. The minimum atomic E-state index is 0.394. The molecule has 0 saturated carbocycles. The Labute approximate surface area is 63.1 Å². The largest absolute Gasteiger partial charge is 0.234 e. The van der Waals surface area contributed by atoms with Crippen LogP contribution >= 0.6 is 0 Å². The lowest BCUT2D eigenvalue weighted by Gasteiger charge is -1.86. The summed E-state index contributed by atoms with van der Waals surface area (Å²) in [4.78, 5) is 7.89. The quantitative estimate of drug-likeness (QED) is 0.558. The number of hydrogen-bond donors (Lipinski definition) is 0. The predicted octanol–water partition coefficient (Wildman–Crippen LogP) is 0.933. The summed E-state index contributed by atoms with van der Waals surface area (Å²) in [5, 5.41) is 11.1. The van der Waals surface area contributed by atoms with E-state index < -0.39 is 0 Å². The van der Waals surface area contributed by atoms with E-state index >= 15 is 0 Å². The first-order chi connectivity index (χ1) is 5.29. The molecule has 0 saturated heterocycles. The zero-order chi connectivity index (χ0) is 7.84. The number of aromatic nitrogens is 3. The van der Waals surface area contributed by atoms with Gasteiger partial charge in [0.05, 0.1) is 0 Å². The molecular weight excluding hydrogens is 142 g/mol. The van der Waals surface area contributed by atoms with Crippen molar-refractivity contribution in [2.45, 2.75) is 6.92 Å². The molecule has 2 heterocycles. The van der Waals surface area contributed by atoms with Crippen LogP contribution in [0.3, 0.4) is 0 Å². The highest BCUT2D eigenvalue weighted by atomic mass is 16.5. The van der Waals surface area contributed by atoms with Crippen molar-refractivity contribution in [3.8, 4) is 0 Å². The van der Waals surface area contributed by atoms with Crippen molar-refractivity contribution in [2.75, 3.05) is 0 Å². The lowest BCUT2D eigenvalue weighted by atomic mass is 10.4. The number of aryl methyl sites for hydroxylation is 1. The molecule has 4 heteroatoms. The van der Waals surface area contributed by atoms with E-state index in [1.807, 2.05) is 0 Å². The average molecular weight is 148 g/mol. The van der Waals surface area contributed by atoms with Crippen molar-refractivity contribution in [1.29, 1.82) is 0 Å². The van der Waals surface area contributed by atoms with Crippen molar-refractivity contribution < 1.29 is 5.21 Å². The number of nitrogens with zero attached hydrogens (tertiary/aromatic N) is 3. The standard InChI is InChI=1S/C7H6N3O/c1-5-9-6-3-2-4-8-7(6)10(5)11/h2-4H,1H3. The van der Waals surface area contributed by atoms with Crippen molar-refractivity contribution in [2.24, 2.45) is 0 Å². The van der Waals surface area contributed by atoms with Gasteiger partial charge >= 0.3 is 0 Å². The summed E-state index contributed by atoms with van der Waals surface area (Å²) in [7, 11) is 0. The van der Waals surface area contributed by atoms with E-state index in [-0.39, 0.29) is 0 Å². The van der Waals surface area contributed by atoms with Gasteiger partial charge in [-0.05, 0) is 19.1 Å². The zero-order valence-corrected chi connectivity index (χ0v) is 5.98. The first-order valence-corrected chi connectivity index (χ1v) is 3.26. The van der Waals surface area contributed by atoms with Crippen molar-refractivity contribution >= 4 is 11.2 Å². The average Bonchev–Trinajstić information content (AvgIpc) is 2.30. The van der Waals surface area contributed by atoms with E-state index in [2.05, 4.69) is 9.97 Å². The van der Waals surface area contributed by atoms with E-state index in [1.54, 1.807) is 25.3 Å². The van der Waals surface area contributed by atoms with Gasteiger partial charge in [-0.3, -0.25) is 0 Å². The molecule has 0 bridgehead atoms. The molecule has 0 aliphatic rings. The Hall–Kier alpha value is -1.58. The van der Waals surface area contributed by atoms with Gasteiger partial charge in [-0.2, -0.15) is 5.21 Å². The third kappa shape index (κ3) is 0.756. The molecule has 0 aromatic carbocycles. The first kappa shape index (κ1) is 6.15. The number of hydrogen-bond acceptors (Lipinski definition) is 2. The maximum absolute atomic E-state index is 11.1. The van der Waals surface area contributed by atoms with E-state index in [9.17, 15) is 5.21 Å². The molecule has 0 fully saturated rings. The topological polar surface area (TPSA) is 50.6 Å². The molecule has 0 N–H and O–H groups in total. The van der Waals surface area contributed by atoms with Crippen molar-refractivity contribution in [1.82, 2.24) is 14.7 Å². The summed E-state index contributed by atoms with van der Waals surface area (Å²) in [6.07, 6.45) is 1.58. The molecule has 0 unspecified atom stereocenters. The van der Waals surface area contributed by atoms with Gasteiger partial charge in [0.15, 0.2) is 0 Å². The van der Waals surface area contributed by atoms with Gasteiger partial charge in [-0.1, -0.05) is 4.73 Å². The third-order valence-electron chi connectivity index (χ3n) is 1.53. The van der Waals surface area contributed by atoms with E-state index in [1.165, 1.54) is 0 Å². The summed E-state index contributed by atoms with van der Waals surface area (Å²) >= 11 is 0. The fourth-order valence-electron chi connectivity index (χ4n) is 1.01. The Bertz CT molecular complexity index is 393. The fourth-order valence-corrected chi connectivity index (χ4v) is 1.01. The molecule has 2 aromatic rings. The van der Waals surface area contributed by atoms with Crippen LogP contribution in [0.5, 0.6) is 0 Å². The molecule has 4 nitrogen and oxygen atoms in total. The molecule has 0 aliphatic carbocycles. The van der Waals surface area contributed by atoms with E-state index in [0.717, 1.165) is 4.73 Å². The van der Waals surface area contributed by atoms with Crippen LogP contribution in [0.1, 0.15) is 5.82 Å². The molecule has 55 valence electrons. The molecule has 1 radical (unpaired) electrons. The number of pyridine rings is 1. The molecule has 2 rings (SSSR count). The number of imidazole rings is 1. The lowest BCUT2D eigenvalue weighted by Crippen LogP contribution is -1.91. The van der Waals surface area contributed by atoms with Crippen LogP contribution in [-0.4, -0.2) is 14.7 Å². The fraction of sp³-hybridized carbons (Fsp3) is 0.143. The van der Waals surface area contributed by atoms with Crippen LogP contribution in [0.2, 0.25) is 0 Å². The van der Waals surface area contributed by atoms with Crippen LogP contribution in [0.25, 0.3) is 11.2 Å². The summed E-state index contributed by atoms with van der Waals surface area (Å²) in [6.45, 7) is 1.66. The Morgan fingerprint density at radius 2 is 2.36 bits per heavy atom. The van der Waals surface area contributed by atoms with Crippen molar-refractivity contribution in [3.63, 3.8) is 0 Å². The molecule has 0 atom stereocenters. The van der Waals surface area contributed by atoms with Crippen LogP contribution < -0.4 is 0 Å². The molecular formula is C7H6N3O. The Morgan fingerprint density at radius 1 is 1.55 bits per heavy atom. The van der Waals surface area contributed by atoms with Crippen molar-refractivity contribution in [3.05, 3.63) is 24.2 Å². The van der Waals surface area contributed by atoms with Gasteiger partial charge in [0.2, 0.25) is 5.65 Å². The first-order valence-electron chi connectivity index (χ1n) is 3.26. The van der Waals surface area contributed by atoms with Gasteiger partial charge in [0.25, 0.3) is 0 Å². The zero-order valence-electron chi connectivity index (χ0n) is 5.98. The lowest BCUT2D eigenvalue weighted by molar-refractivity contribution is 0.0940. The maximum atomic E-state index is 11.1. The van der Waals surface area contributed by atoms with E-state index in [0.29, 0.717) is 17.0 Å². The highest BCUT2D eigenvalue weighted by Crippen LogP contribution is 2.09. The smallest absolute Gasteiger partial charge is 0.201 e. The Morgan fingerprint density at radius 3 is 3.09 bits per heavy atom. The molecule has 0 amide bonds. The van der Waals surface area contributed by atoms with E-state index in [4.69, 9.17) is 0 Å². The monoisotopic (exact) mass is 148 g/mol. The van der Waals surface area contributed by atoms with Gasteiger partial charge in [-0.15, -0.1) is 0 Å². The van der Waals surface area contributed by atoms with Gasteiger partial charge in [0, 0.05) is 6.20 Å². The summed E-state index contributed by atoms with van der Waals surface area (Å²) in [6, 6.07) is 3.53. The second-order valence-electron chi connectivity index (χ2n) is 2.30. The maximum Gasteiger partial charge on any atom is 0.201 e. The van der Waals surface area contributed by atoms with Crippen LogP contribution in [0.15, 0.2) is 18.3 Å². The molecule has 0 spiro atoms. The molecule has 2 aromatic heterocycles. The molecule has 11 heavy (non-hydrogen) atoms. The van der Waals surface area contributed by atoms with Gasteiger partial charge in [-0.25, -0.2) is 9.97 Å². The molecule has 0 aliphatic heterocycles. The van der Waals surface area contributed by atoms with Gasteiger partial charge < -0.3 is 0 Å². The number of rotatable bonds is 0. The summed E-state index contributed by atoms with van der Waals surface area (Å²) in [5.74, 6) is 0.443. The minimum absolute atomic E-state index is 0.394. The third-order valence-corrected chi connectivity index (χ3v) is 1.53. The Balaban J connectivity index is 2.92. The van der Waals surface area contributed by atoms with Crippen LogP contribution in [-0.2, 0) is 5.21 Å². The highest BCUT2D eigenvalue weighted by molar-refractivity contribution is 5.70. The number of fused-ring (bicyclic) bond motifs is 1. The van der Waals surface area contributed by atoms with Crippen LogP contribution in [0, 0.1) is 6.92 Å². The highest BCUT2D eigenvalue weighted by Gasteiger charge is 2.06. The second-order valence-corrected chi connectivity index (χ2v) is 2.30. The Kier molecular flexibility index (Phi) is 1.09. The second kappa shape index (κ2) is 1.95. The summed E-state index contributed by atoms with van der Waals surface area (Å²) < 4.78 is 0.731. The summed E-state index contributed by atoms with van der Waals surface area (Å²) in [5.41, 5.74) is 1.05. The van der Waals surface area contributed by atoms with Crippen LogP contribution in [0.4, 0.5) is 0 Å². The minimum Gasteiger partial charge on any atom is -0.234 e. The van der Waals surface area contributed by atoms with Gasteiger partial charge in [0.1, 0.15) is 11.3 Å². The normalized spacial score (nSPS) is 10.6.